The maximum absolute atomic E-state index is 13.7. The van der Waals surface area contributed by atoms with Crippen molar-refractivity contribution in [2.45, 2.75) is 44.6 Å². The Balaban J connectivity index is 1.62. The van der Waals surface area contributed by atoms with Crippen molar-refractivity contribution < 1.29 is 27.5 Å². The number of para-hydroxylation sites is 1. The third-order valence-electron chi connectivity index (χ3n) is 6.48. The van der Waals surface area contributed by atoms with Crippen molar-refractivity contribution in [2.24, 2.45) is 0 Å². The van der Waals surface area contributed by atoms with Gasteiger partial charge in [-0.25, -0.2) is 13.2 Å². The summed E-state index contributed by atoms with van der Waals surface area (Å²) in [4.78, 5) is 25.6. The molecule has 0 N–H and O–H groups in total. The van der Waals surface area contributed by atoms with Crippen molar-refractivity contribution in [1.82, 2.24) is 0 Å². The van der Waals surface area contributed by atoms with Crippen LogP contribution in [0.5, 0.6) is 5.75 Å². The fourth-order valence-corrected chi connectivity index (χ4v) is 6.01. The number of ketones is 1. The van der Waals surface area contributed by atoms with Gasteiger partial charge in [0.1, 0.15) is 10.6 Å². The molecule has 0 saturated heterocycles. The molecule has 8 heteroatoms. The van der Waals surface area contributed by atoms with Crippen molar-refractivity contribution in [3.63, 3.8) is 0 Å². The van der Waals surface area contributed by atoms with Gasteiger partial charge in [0, 0.05) is 12.1 Å². The van der Waals surface area contributed by atoms with E-state index in [0.29, 0.717) is 24.2 Å². The van der Waals surface area contributed by atoms with Crippen LogP contribution in [-0.4, -0.2) is 39.9 Å². The zero-order valence-corrected chi connectivity index (χ0v) is 21.6. The lowest BCUT2D eigenvalue weighted by atomic mass is 10.0. The first-order valence-electron chi connectivity index (χ1n) is 11.7. The molecule has 1 aliphatic rings. The van der Waals surface area contributed by atoms with Gasteiger partial charge >= 0.3 is 5.97 Å². The molecule has 0 aromatic heterocycles. The molecule has 0 fully saturated rings. The van der Waals surface area contributed by atoms with Gasteiger partial charge in [-0.05, 0) is 80.6 Å². The van der Waals surface area contributed by atoms with Crippen molar-refractivity contribution >= 4 is 27.5 Å². The number of benzene rings is 3. The number of ether oxygens (including phenoxy) is 2. The number of fused-ring (bicyclic) bond motifs is 1. The highest BCUT2D eigenvalue weighted by molar-refractivity contribution is 7.93. The molecule has 3 aromatic rings. The summed E-state index contributed by atoms with van der Waals surface area (Å²) in [6.45, 7) is 5.67. The second kappa shape index (κ2) is 10.1. The molecular weight excluding hydrogens is 478 g/mol. The summed E-state index contributed by atoms with van der Waals surface area (Å²) in [5, 5.41) is 0. The van der Waals surface area contributed by atoms with Gasteiger partial charge in [0.2, 0.25) is 5.78 Å². The topological polar surface area (TPSA) is 90.0 Å². The fourth-order valence-electron chi connectivity index (χ4n) is 4.28. The summed E-state index contributed by atoms with van der Waals surface area (Å²) >= 11 is 0. The van der Waals surface area contributed by atoms with Gasteiger partial charge in [0.05, 0.1) is 18.4 Å². The second-order valence-electron chi connectivity index (χ2n) is 8.89. The van der Waals surface area contributed by atoms with E-state index < -0.39 is 22.1 Å². The van der Waals surface area contributed by atoms with Gasteiger partial charge in [-0.2, -0.15) is 0 Å². The summed E-state index contributed by atoms with van der Waals surface area (Å²) in [7, 11) is -2.66. The van der Waals surface area contributed by atoms with Crippen molar-refractivity contribution in [2.75, 3.05) is 18.0 Å². The van der Waals surface area contributed by atoms with E-state index in [1.807, 2.05) is 32.0 Å². The number of nitrogens with zero attached hydrogens (tertiary/aromatic N) is 1. The van der Waals surface area contributed by atoms with E-state index >= 15 is 0 Å². The van der Waals surface area contributed by atoms with Crippen LogP contribution in [0.2, 0.25) is 0 Å². The zero-order chi connectivity index (χ0) is 26.0. The number of sulfonamides is 1. The minimum atomic E-state index is -4.04. The maximum atomic E-state index is 13.7. The van der Waals surface area contributed by atoms with Gasteiger partial charge in [-0.1, -0.05) is 30.3 Å². The van der Waals surface area contributed by atoms with E-state index in [1.165, 1.54) is 36.5 Å². The molecule has 0 bridgehead atoms. The van der Waals surface area contributed by atoms with Crippen LogP contribution >= 0.6 is 0 Å². The minimum absolute atomic E-state index is 0.0133. The third kappa shape index (κ3) is 4.86. The van der Waals surface area contributed by atoms with Gasteiger partial charge in [0.25, 0.3) is 10.0 Å². The molecule has 1 atom stereocenters. The monoisotopic (exact) mass is 507 g/mol. The minimum Gasteiger partial charge on any atom is -0.495 e. The predicted octanol–water partition coefficient (Wildman–Crippen LogP) is 4.88. The molecule has 0 aliphatic carbocycles. The van der Waals surface area contributed by atoms with Gasteiger partial charge in [0.15, 0.2) is 6.10 Å². The number of methoxy groups -OCH3 is 1. The molecular formula is C28H29NO6S. The third-order valence-corrected chi connectivity index (χ3v) is 8.31. The Morgan fingerprint density at radius 1 is 0.944 bits per heavy atom. The summed E-state index contributed by atoms with van der Waals surface area (Å²) in [6.07, 6.45) is 0.423. The smallest absolute Gasteiger partial charge is 0.338 e. The van der Waals surface area contributed by atoms with Crippen LogP contribution in [0, 0.1) is 13.8 Å². The molecule has 0 amide bonds. The highest BCUT2D eigenvalue weighted by atomic mass is 32.2. The number of carbonyl (C=O) groups excluding carboxylic acids is 2. The van der Waals surface area contributed by atoms with Crippen LogP contribution in [0.15, 0.2) is 65.6 Å². The molecule has 4 rings (SSSR count). The Bertz CT molecular complexity index is 1430. The van der Waals surface area contributed by atoms with Gasteiger partial charge in [-0.3, -0.25) is 9.10 Å². The fraction of sp³-hybridized carbons (Fsp3) is 0.286. The number of rotatable bonds is 7. The predicted molar refractivity (Wildman–Crippen MR) is 137 cm³/mol. The summed E-state index contributed by atoms with van der Waals surface area (Å²) in [5.41, 5.74) is 4.04. The highest BCUT2D eigenvalue weighted by Crippen LogP contribution is 2.35. The second-order valence-corrected chi connectivity index (χ2v) is 10.7. The van der Waals surface area contributed by atoms with Gasteiger partial charge in [-0.15, -0.1) is 0 Å². The normalized spacial score (nSPS) is 14.1. The van der Waals surface area contributed by atoms with Crippen molar-refractivity contribution in [3.8, 4) is 5.75 Å². The Hall–Kier alpha value is -3.65. The van der Waals surface area contributed by atoms with E-state index in [9.17, 15) is 18.0 Å². The number of esters is 1. The largest absolute Gasteiger partial charge is 0.495 e. The molecule has 1 heterocycles. The summed E-state index contributed by atoms with van der Waals surface area (Å²) < 4.78 is 39.5. The van der Waals surface area contributed by atoms with Crippen LogP contribution < -0.4 is 9.04 Å². The van der Waals surface area contributed by atoms with E-state index in [0.717, 1.165) is 23.1 Å². The van der Waals surface area contributed by atoms with Crippen LogP contribution in [0.1, 0.15) is 50.8 Å². The molecule has 0 unspecified atom stereocenters. The van der Waals surface area contributed by atoms with E-state index in [1.54, 1.807) is 24.3 Å². The Labute approximate surface area is 211 Å². The number of aryl methyl sites for hydroxylation is 3. The molecule has 3 aromatic carbocycles. The first-order valence-corrected chi connectivity index (χ1v) is 13.2. The molecule has 188 valence electrons. The van der Waals surface area contributed by atoms with Crippen LogP contribution in [0.4, 0.5) is 5.69 Å². The average Bonchev–Trinajstić information content (AvgIpc) is 2.88. The number of carbonyl (C=O) groups is 2. The molecule has 1 aliphatic heterocycles. The molecule has 0 spiro atoms. The molecule has 0 saturated carbocycles. The summed E-state index contributed by atoms with van der Waals surface area (Å²) in [5.74, 6) is -1.01. The quantitative estimate of drug-likeness (QED) is 0.334. The lowest BCUT2D eigenvalue weighted by Crippen LogP contribution is -2.35. The Morgan fingerprint density at radius 3 is 2.39 bits per heavy atom. The number of Topliss-reactive ketones (excluding diaryl/α,β-unsaturated/α-hetero) is 1. The number of anilines is 1. The van der Waals surface area contributed by atoms with Crippen LogP contribution in [-0.2, 0) is 21.2 Å². The van der Waals surface area contributed by atoms with Crippen LogP contribution in [0.3, 0.4) is 0 Å². The molecule has 0 radical (unpaired) electrons. The SMILES string of the molecule is COc1ccc(C(=O)O[C@H](C)C(=O)c2ccc(C)c(C)c2)cc1S(=O)(=O)N1CCCc2ccccc21. The molecule has 7 nitrogen and oxygen atoms in total. The Kier molecular flexibility index (Phi) is 7.17. The molecule has 36 heavy (non-hydrogen) atoms. The lowest BCUT2D eigenvalue weighted by molar-refractivity contribution is 0.0318. The van der Waals surface area contributed by atoms with Gasteiger partial charge < -0.3 is 9.47 Å². The Morgan fingerprint density at radius 2 is 1.67 bits per heavy atom. The van der Waals surface area contributed by atoms with E-state index in [4.69, 9.17) is 9.47 Å². The van der Waals surface area contributed by atoms with E-state index in [-0.39, 0.29) is 22.0 Å². The lowest BCUT2D eigenvalue weighted by Gasteiger charge is -2.31. The number of hydrogen-bond acceptors (Lipinski definition) is 6. The standard InChI is InChI=1S/C28H29NO6S/c1-18-11-12-22(16-19(18)2)27(30)20(3)35-28(31)23-13-14-25(34-4)26(17-23)36(32,33)29-15-7-9-21-8-5-6-10-24(21)29/h5-6,8,10-14,16-17,20H,7,9,15H2,1-4H3/t20-/m1/s1. The highest BCUT2D eigenvalue weighted by Gasteiger charge is 2.32. The van der Waals surface area contributed by atoms with Crippen LogP contribution in [0.25, 0.3) is 0 Å². The summed E-state index contributed by atoms with van der Waals surface area (Å²) in [6, 6.07) is 16.8. The van der Waals surface area contributed by atoms with Crippen molar-refractivity contribution in [3.05, 3.63) is 88.5 Å². The van der Waals surface area contributed by atoms with Crippen molar-refractivity contribution in [1.29, 1.82) is 0 Å². The first kappa shape index (κ1) is 25.4. The maximum Gasteiger partial charge on any atom is 0.338 e. The number of hydrogen-bond donors (Lipinski definition) is 0. The first-order chi connectivity index (χ1) is 17.1. The average molecular weight is 508 g/mol. The van der Waals surface area contributed by atoms with E-state index in [2.05, 4.69) is 0 Å². The zero-order valence-electron chi connectivity index (χ0n) is 20.8.